The maximum atomic E-state index is 4.22. The van der Waals surface area contributed by atoms with Crippen molar-refractivity contribution in [2.45, 2.75) is 27.7 Å². The highest BCUT2D eigenvalue weighted by atomic mass is 79.9. The number of rotatable bonds is 4. The summed E-state index contributed by atoms with van der Waals surface area (Å²) in [5.41, 5.74) is 0.259. The van der Waals surface area contributed by atoms with E-state index in [0.717, 1.165) is 17.0 Å². The molecular weight excluding hydrogens is 254 g/mol. The van der Waals surface area contributed by atoms with Crippen molar-refractivity contribution >= 4 is 21.7 Å². The van der Waals surface area contributed by atoms with Gasteiger partial charge in [0, 0.05) is 6.54 Å². The molecule has 0 radical (unpaired) electrons. The van der Waals surface area contributed by atoms with E-state index in [9.17, 15) is 0 Å². The van der Waals surface area contributed by atoms with E-state index in [1.807, 2.05) is 0 Å². The van der Waals surface area contributed by atoms with Gasteiger partial charge in [-0.25, -0.2) is 9.97 Å². The van der Waals surface area contributed by atoms with Crippen LogP contribution in [0.4, 0.5) is 5.82 Å². The van der Waals surface area contributed by atoms with Gasteiger partial charge in [0.2, 0.25) is 0 Å². The van der Waals surface area contributed by atoms with Crippen molar-refractivity contribution in [3.05, 3.63) is 17.0 Å². The van der Waals surface area contributed by atoms with E-state index < -0.39 is 0 Å². The number of hydrogen-bond acceptors (Lipinski definition) is 3. The molecular formula is C11H18BrN3. The monoisotopic (exact) mass is 271 g/mol. The van der Waals surface area contributed by atoms with Crippen molar-refractivity contribution in [1.29, 1.82) is 0 Å². The molecule has 0 amide bonds. The second-order valence-electron chi connectivity index (χ2n) is 4.72. The molecule has 0 spiro atoms. The molecule has 0 aliphatic rings. The Morgan fingerprint density at radius 2 is 2.00 bits per heavy atom. The Bertz CT molecular complexity index is 306. The number of nitrogens with one attached hydrogen (secondary N) is 1. The molecule has 0 saturated carbocycles. The first-order chi connectivity index (χ1) is 6.92. The predicted molar refractivity (Wildman–Crippen MR) is 66.8 cm³/mol. The molecule has 0 aromatic carbocycles. The molecule has 0 aliphatic heterocycles. The van der Waals surface area contributed by atoms with E-state index in [4.69, 9.17) is 0 Å². The third-order valence-corrected chi connectivity index (χ3v) is 3.32. The van der Waals surface area contributed by atoms with Gasteiger partial charge in [-0.1, -0.05) is 27.7 Å². The van der Waals surface area contributed by atoms with Crippen LogP contribution in [0.1, 0.15) is 27.7 Å². The quantitative estimate of drug-likeness (QED) is 0.913. The number of aromatic nitrogens is 2. The third-order valence-electron chi connectivity index (χ3n) is 2.91. The third kappa shape index (κ3) is 3.78. The smallest absolute Gasteiger partial charge is 0.144 e. The van der Waals surface area contributed by atoms with E-state index in [2.05, 4.69) is 58.9 Å². The lowest BCUT2D eigenvalue weighted by Gasteiger charge is -2.29. The maximum absolute atomic E-state index is 4.22. The molecule has 1 rings (SSSR count). The van der Waals surface area contributed by atoms with Crippen LogP contribution in [0.5, 0.6) is 0 Å². The summed E-state index contributed by atoms with van der Waals surface area (Å²) in [7, 11) is 0. The van der Waals surface area contributed by atoms with Gasteiger partial charge < -0.3 is 5.32 Å². The lowest BCUT2D eigenvalue weighted by Crippen LogP contribution is -2.28. The summed E-state index contributed by atoms with van der Waals surface area (Å²) in [5.74, 6) is 1.46. The molecule has 0 aliphatic carbocycles. The van der Waals surface area contributed by atoms with Gasteiger partial charge in [0.25, 0.3) is 0 Å². The minimum Gasteiger partial charge on any atom is -0.368 e. The highest BCUT2D eigenvalue weighted by molar-refractivity contribution is 9.10. The minimum atomic E-state index is 0.259. The molecule has 4 heteroatoms. The molecule has 84 valence electrons. The van der Waals surface area contributed by atoms with Crippen LogP contribution >= 0.6 is 15.9 Å². The van der Waals surface area contributed by atoms with Crippen LogP contribution in [0.15, 0.2) is 17.0 Å². The van der Waals surface area contributed by atoms with Gasteiger partial charge in [-0.15, -0.1) is 0 Å². The second-order valence-corrected chi connectivity index (χ2v) is 5.53. The molecule has 1 aromatic rings. The molecule has 1 heterocycles. The molecule has 0 saturated heterocycles. The maximum Gasteiger partial charge on any atom is 0.144 e. The molecule has 0 fully saturated rings. The average Bonchev–Trinajstić information content (AvgIpc) is 2.17. The van der Waals surface area contributed by atoms with Gasteiger partial charge in [-0.3, -0.25) is 0 Å². The van der Waals surface area contributed by atoms with E-state index >= 15 is 0 Å². The molecule has 3 nitrogen and oxygen atoms in total. The molecule has 0 unspecified atom stereocenters. The number of halogens is 1. The zero-order valence-corrected chi connectivity index (χ0v) is 11.3. The normalized spacial score (nSPS) is 11.9. The summed E-state index contributed by atoms with van der Waals surface area (Å²) in [4.78, 5) is 8.34. The van der Waals surface area contributed by atoms with Crippen molar-refractivity contribution < 1.29 is 0 Å². The van der Waals surface area contributed by atoms with Crippen LogP contribution < -0.4 is 5.32 Å². The van der Waals surface area contributed by atoms with Crippen molar-refractivity contribution in [1.82, 2.24) is 9.97 Å². The summed E-state index contributed by atoms with van der Waals surface area (Å²) >= 11 is 3.26. The van der Waals surface area contributed by atoms with Gasteiger partial charge >= 0.3 is 0 Å². The minimum absolute atomic E-state index is 0.259. The average molecular weight is 272 g/mol. The Kier molecular flexibility index (Phi) is 4.08. The predicted octanol–water partition coefficient (Wildman–Crippen LogP) is 3.33. The van der Waals surface area contributed by atoms with E-state index in [1.54, 1.807) is 12.4 Å². The Balaban J connectivity index is 2.54. The van der Waals surface area contributed by atoms with Crippen LogP contribution in [-0.4, -0.2) is 16.5 Å². The molecule has 0 atom stereocenters. The van der Waals surface area contributed by atoms with Crippen molar-refractivity contribution in [3.8, 4) is 0 Å². The van der Waals surface area contributed by atoms with E-state index in [0.29, 0.717) is 5.92 Å². The molecule has 1 aromatic heterocycles. The van der Waals surface area contributed by atoms with Gasteiger partial charge in [-0.05, 0) is 27.3 Å². The zero-order valence-electron chi connectivity index (χ0n) is 9.71. The highest BCUT2D eigenvalue weighted by Crippen LogP contribution is 2.25. The fourth-order valence-electron chi connectivity index (χ4n) is 0.926. The molecule has 1 N–H and O–H groups in total. The Morgan fingerprint density at radius 3 is 2.47 bits per heavy atom. The van der Waals surface area contributed by atoms with Gasteiger partial charge in [0.1, 0.15) is 10.4 Å². The van der Waals surface area contributed by atoms with Crippen LogP contribution in [0.25, 0.3) is 0 Å². The Hall–Kier alpha value is -0.640. The second kappa shape index (κ2) is 4.92. The summed E-state index contributed by atoms with van der Waals surface area (Å²) < 4.78 is 0.760. The zero-order chi connectivity index (χ0) is 11.5. The van der Waals surface area contributed by atoms with Crippen molar-refractivity contribution in [2.24, 2.45) is 11.3 Å². The van der Waals surface area contributed by atoms with Crippen LogP contribution in [-0.2, 0) is 0 Å². The lowest BCUT2D eigenvalue weighted by molar-refractivity contribution is 0.269. The van der Waals surface area contributed by atoms with Crippen molar-refractivity contribution in [2.75, 3.05) is 11.9 Å². The van der Waals surface area contributed by atoms with E-state index in [1.165, 1.54) is 0 Å². The standard InChI is InChI=1S/C11H18BrN3/c1-8(2)11(3,4)7-15-10-6-13-9(12)5-14-10/h5-6,8H,7H2,1-4H3,(H,14,15). The number of nitrogens with zero attached hydrogens (tertiary/aromatic N) is 2. The summed E-state index contributed by atoms with van der Waals surface area (Å²) in [5, 5.41) is 3.30. The fraction of sp³-hybridized carbons (Fsp3) is 0.636. The van der Waals surface area contributed by atoms with Gasteiger partial charge in [-0.2, -0.15) is 0 Å². The molecule has 15 heavy (non-hydrogen) atoms. The van der Waals surface area contributed by atoms with Crippen molar-refractivity contribution in [3.63, 3.8) is 0 Å². The number of hydrogen-bond donors (Lipinski definition) is 1. The lowest BCUT2D eigenvalue weighted by atomic mass is 9.81. The molecule has 0 bridgehead atoms. The first kappa shape index (κ1) is 12.4. The first-order valence-electron chi connectivity index (χ1n) is 5.13. The fourth-order valence-corrected chi connectivity index (χ4v) is 1.13. The highest BCUT2D eigenvalue weighted by Gasteiger charge is 2.21. The van der Waals surface area contributed by atoms with Crippen LogP contribution in [0, 0.1) is 11.3 Å². The summed E-state index contributed by atoms with van der Waals surface area (Å²) in [6.45, 7) is 9.86. The Labute approximate surface area is 99.8 Å². The number of anilines is 1. The van der Waals surface area contributed by atoms with Crippen LogP contribution in [0.3, 0.4) is 0 Å². The van der Waals surface area contributed by atoms with Gasteiger partial charge in [0.15, 0.2) is 0 Å². The Morgan fingerprint density at radius 1 is 1.33 bits per heavy atom. The largest absolute Gasteiger partial charge is 0.368 e. The SMILES string of the molecule is CC(C)C(C)(C)CNc1cnc(Br)cn1. The summed E-state index contributed by atoms with van der Waals surface area (Å²) in [6.07, 6.45) is 3.44. The first-order valence-corrected chi connectivity index (χ1v) is 5.92. The van der Waals surface area contributed by atoms with E-state index in [-0.39, 0.29) is 5.41 Å². The topological polar surface area (TPSA) is 37.8 Å². The van der Waals surface area contributed by atoms with Crippen LogP contribution in [0.2, 0.25) is 0 Å². The van der Waals surface area contributed by atoms with Gasteiger partial charge in [0.05, 0.1) is 12.4 Å². The summed E-state index contributed by atoms with van der Waals surface area (Å²) in [6, 6.07) is 0.